The van der Waals surface area contributed by atoms with Crippen molar-refractivity contribution in [2.45, 2.75) is 31.9 Å². The van der Waals surface area contributed by atoms with Crippen molar-refractivity contribution in [2.24, 2.45) is 5.41 Å². The molecule has 0 aliphatic carbocycles. The standard InChI is InChI=1S/C17H24Cl2N2O/c1-20-6-3-16(22)17(11-20)4-2-5-21(12-17)10-13-7-14(18)9-15(19)8-13/h7-9,16,22H,2-6,10-12H2,1H3/t16-,17-/m0/s1. The van der Waals surface area contributed by atoms with Gasteiger partial charge in [-0.2, -0.15) is 0 Å². The summed E-state index contributed by atoms with van der Waals surface area (Å²) in [5.41, 5.74) is 1.17. The summed E-state index contributed by atoms with van der Waals surface area (Å²) < 4.78 is 0. The molecule has 1 N–H and O–H groups in total. The molecule has 3 rings (SSSR count). The van der Waals surface area contributed by atoms with Crippen LogP contribution in [-0.4, -0.2) is 54.2 Å². The van der Waals surface area contributed by atoms with Crippen LogP contribution in [0, 0.1) is 5.41 Å². The molecule has 22 heavy (non-hydrogen) atoms. The molecule has 0 radical (unpaired) electrons. The monoisotopic (exact) mass is 342 g/mol. The molecule has 0 bridgehead atoms. The maximum atomic E-state index is 10.6. The first-order valence-corrected chi connectivity index (χ1v) is 8.76. The Balaban J connectivity index is 1.72. The number of rotatable bonds is 2. The zero-order chi connectivity index (χ0) is 15.7. The van der Waals surface area contributed by atoms with Crippen LogP contribution in [0.15, 0.2) is 18.2 Å². The Hall–Kier alpha value is -0.320. The van der Waals surface area contributed by atoms with Crippen molar-refractivity contribution in [3.63, 3.8) is 0 Å². The SMILES string of the molecule is CN1CC[C@H](O)[C@@]2(CCCN(Cc3cc(Cl)cc(Cl)c3)C2)C1. The minimum atomic E-state index is -0.186. The molecule has 2 aliphatic heterocycles. The van der Waals surface area contributed by atoms with Crippen molar-refractivity contribution >= 4 is 23.2 Å². The van der Waals surface area contributed by atoms with Crippen molar-refractivity contribution in [1.29, 1.82) is 0 Å². The number of aliphatic hydroxyl groups excluding tert-OH is 1. The van der Waals surface area contributed by atoms with Gasteiger partial charge in [0, 0.05) is 41.6 Å². The zero-order valence-electron chi connectivity index (χ0n) is 13.1. The summed E-state index contributed by atoms with van der Waals surface area (Å²) in [6.07, 6.45) is 2.95. The van der Waals surface area contributed by atoms with Crippen LogP contribution in [0.4, 0.5) is 0 Å². The van der Waals surface area contributed by atoms with Gasteiger partial charge in [0.1, 0.15) is 0 Å². The van der Waals surface area contributed by atoms with E-state index in [0.29, 0.717) is 10.0 Å². The van der Waals surface area contributed by atoms with E-state index in [1.54, 1.807) is 6.07 Å². The van der Waals surface area contributed by atoms with E-state index in [1.165, 1.54) is 0 Å². The normalized spacial score (nSPS) is 30.8. The molecular formula is C17H24Cl2N2O. The maximum absolute atomic E-state index is 10.6. The Labute approximate surface area is 142 Å². The van der Waals surface area contributed by atoms with Gasteiger partial charge in [-0.3, -0.25) is 4.90 Å². The number of nitrogens with zero attached hydrogens (tertiary/aromatic N) is 2. The maximum Gasteiger partial charge on any atom is 0.0633 e. The van der Waals surface area contributed by atoms with Crippen molar-refractivity contribution in [3.05, 3.63) is 33.8 Å². The molecule has 122 valence electrons. The van der Waals surface area contributed by atoms with Crippen molar-refractivity contribution in [2.75, 3.05) is 33.2 Å². The fourth-order valence-electron chi connectivity index (χ4n) is 4.13. The van der Waals surface area contributed by atoms with Crippen molar-refractivity contribution < 1.29 is 5.11 Å². The molecule has 2 fully saturated rings. The zero-order valence-corrected chi connectivity index (χ0v) is 14.6. The molecule has 2 aliphatic rings. The number of benzene rings is 1. The van der Waals surface area contributed by atoms with Crippen LogP contribution >= 0.6 is 23.2 Å². The van der Waals surface area contributed by atoms with Gasteiger partial charge in [-0.05, 0) is 56.6 Å². The van der Waals surface area contributed by atoms with Crippen LogP contribution in [0.2, 0.25) is 10.0 Å². The van der Waals surface area contributed by atoms with Gasteiger partial charge in [0.25, 0.3) is 0 Å². The number of aliphatic hydroxyl groups is 1. The second-order valence-corrected chi connectivity index (χ2v) is 7.87. The number of hydrogen-bond donors (Lipinski definition) is 1. The van der Waals surface area contributed by atoms with E-state index in [-0.39, 0.29) is 11.5 Å². The summed E-state index contributed by atoms with van der Waals surface area (Å²) in [4.78, 5) is 4.79. The minimum Gasteiger partial charge on any atom is -0.392 e. The van der Waals surface area contributed by atoms with Crippen LogP contribution in [-0.2, 0) is 6.54 Å². The summed E-state index contributed by atoms with van der Waals surface area (Å²) in [6.45, 7) is 4.84. The van der Waals surface area contributed by atoms with Gasteiger partial charge >= 0.3 is 0 Å². The highest BCUT2D eigenvalue weighted by molar-refractivity contribution is 6.34. The van der Waals surface area contributed by atoms with E-state index in [0.717, 1.165) is 57.5 Å². The van der Waals surface area contributed by atoms with Gasteiger partial charge in [0.05, 0.1) is 6.10 Å². The molecule has 1 aromatic carbocycles. The molecule has 0 unspecified atom stereocenters. The number of hydrogen-bond acceptors (Lipinski definition) is 3. The van der Waals surface area contributed by atoms with E-state index in [1.807, 2.05) is 12.1 Å². The van der Waals surface area contributed by atoms with Gasteiger partial charge in [-0.25, -0.2) is 0 Å². The summed E-state index contributed by atoms with van der Waals surface area (Å²) in [7, 11) is 2.16. The van der Waals surface area contributed by atoms with Crippen LogP contribution in [0.5, 0.6) is 0 Å². The highest BCUT2D eigenvalue weighted by atomic mass is 35.5. The second kappa shape index (κ2) is 6.66. The van der Waals surface area contributed by atoms with Crippen LogP contribution in [0.1, 0.15) is 24.8 Å². The molecule has 2 heterocycles. The Bertz CT molecular complexity index is 519. The van der Waals surface area contributed by atoms with Gasteiger partial charge < -0.3 is 10.0 Å². The van der Waals surface area contributed by atoms with E-state index >= 15 is 0 Å². The summed E-state index contributed by atoms with van der Waals surface area (Å²) in [5.74, 6) is 0. The minimum absolute atomic E-state index is 0.0214. The fraction of sp³-hybridized carbons (Fsp3) is 0.647. The molecule has 1 aromatic rings. The predicted octanol–water partition coefficient (Wildman–Crippen LogP) is 3.27. The molecule has 2 saturated heterocycles. The Morgan fingerprint density at radius 2 is 1.91 bits per heavy atom. The molecule has 0 saturated carbocycles. The van der Waals surface area contributed by atoms with E-state index in [2.05, 4.69) is 16.8 Å². The summed E-state index contributed by atoms with van der Waals surface area (Å²) >= 11 is 12.2. The van der Waals surface area contributed by atoms with E-state index < -0.39 is 0 Å². The predicted molar refractivity (Wildman–Crippen MR) is 91.5 cm³/mol. The topological polar surface area (TPSA) is 26.7 Å². The van der Waals surface area contributed by atoms with Gasteiger partial charge in [0.15, 0.2) is 0 Å². The van der Waals surface area contributed by atoms with Crippen molar-refractivity contribution in [3.8, 4) is 0 Å². The fourth-order valence-corrected chi connectivity index (χ4v) is 4.70. The third kappa shape index (κ3) is 3.60. The third-order valence-electron chi connectivity index (χ3n) is 5.09. The Morgan fingerprint density at radius 1 is 1.18 bits per heavy atom. The first-order valence-electron chi connectivity index (χ1n) is 8.01. The van der Waals surface area contributed by atoms with E-state index in [9.17, 15) is 5.11 Å². The smallest absolute Gasteiger partial charge is 0.0633 e. The highest BCUT2D eigenvalue weighted by Crippen LogP contribution is 2.38. The van der Waals surface area contributed by atoms with Crippen LogP contribution < -0.4 is 0 Å². The molecular weight excluding hydrogens is 319 g/mol. The van der Waals surface area contributed by atoms with Crippen molar-refractivity contribution in [1.82, 2.24) is 9.80 Å². The average molecular weight is 343 g/mol. The number of halogens is 2. The summed E-state index contributed by atoms with van der Waals surface area (Å²) in [5, 5.41) is 12.0. The largest absolute Gasteiger partial charge is 0.392 e. The third-order valence-corrected chi connectivity index (χ3v) is 5.53. The molecule has 0 aromatic heterocycles. The van der Waals surface area contributed by atoms with Gasteiger partial charge in [-0.15, -0.1) is 0 Å². The molecule has 2 atom stereocenters. The first-order chi connectivity index (χ1) is 10.5. The first kappa shape index (κ1) is 16.5. The van der Waals surface area contributed by atoms with Gasteiger partial charge in [-0.1, -0.05) is 23.2 Å². The lowest BCUT2D eigenvalue weighted by atomic mass is 9.71. The van der Waals surface area contributed by atoms with Gasteiger partial charge in [0.2, 0.25) is 0 Å². The lowest BCUT2D eigenvalue weighted by Gasteiger charge is -2.50. The second-order valence-electron chi connectivity index (χ2n) is 7.00. The molecule has 5 heteroatoms. The Morgan fingerprint density at radius 3 is 2.64 bits per heavy atom. The lowest BCUT2D eigenvalue weighted by molar-refractivity contribution is -0.0807. The molecule has 3 nitrogen and oxygen atoms in total. The van der Waals surface area contributed by atoms with Crippen LogP contribution in [0.25, 0.3) is 0 Å². The summed E-state index contributed by atoms with van der Waals surface area (Å²) in [6, 6.07) is 5.74. The number of piperidine rings is 2. The number of likely N-dealkylation sites (tertiary alicyclic amines) is 2. The van der Waals surface area contributed by atoms with Crippen LogP contribution in [0.3, 0.4) is 0 Å². The quantitative estimate of drug-likeness (QED) is 0.893. The van der Waals surface area contributed by atoms with E-state index in [4.69, 9.17) is 23.2 Å². The highest BCUT2D eigenvalue weighted by Gasteiger charge is 2.44. The Kier molecular flexibility index (Phi) is 5.01. The average Bonchev–Trinajstić information content (AvgIpc) is 2.42. The molecule has 1 spiro atoms. The molecule has 0 amide bonds. The lowest BCUT2D eigenvalue weighted by Crippen LogP contribution is -2.58.